The molecule has 0 saturated carbocycles. The van der Waals surface area contributed by atoms with E-state index < -0.39 is 11.8 Å². The summed E-state index contributed by atoms with van der Waals surface area (Å²) in [6.07, 6.45) is 0. The molecule has 1 heterocycles. The number of benzene rings is 1. The maximum atomic E-state index is 12.8. The zero-order chi connectivity index (χ0) is 12.4. The molecule has 1 aromatic heterocycles. The highest BCUT2D eigenvalue weighted by Gasteiger charge is 2.11. The quantitative estimate of drug-likeness (QED) is 0.912. The van der Waals surface area contributed by atoms with E-state index in [9.17, 15) is 9.18 Å². The Labute approximate surface area is 100 Å². The smallest absolute Gasteiger partial charge is 0.371 e. The minimum atomic E-state index is -1.20. The third kappa shape index (κ3) is 2.57. The summed E-state index contributed by atoms with van der Waals surface area (Å²) >= 11 is 5.73. The van der Waals surface area contributed by atoms with Gasteiger partial charge in [0.15, 0.2) is 0 Å². The van der Waals surface area contributed by atoms with E-state index >= 15 is 0 Å². The van der Waals surface area contributed by atoms with E-state index in [-0.39, 0.29) is 22.5 Å². The van der Waals surface area contributed by atoms with Crippen molar-refractivity contribution in [2.75, 3.05) is 0 Å². The first-order valence-electron chi connectivity index (χ1n) is 4.52. The van der Waals surface area contributed by atoms with Gasteiger partial charge in [0.25, 0.3) is 5.95 Å². The second-order valence-corrected chi connectivity index (χ2v) is 3.51. The summed E-state index contributed by atoms with van der Waals surface area (Å²) in [7, 11) is 0. The molecule has 0 aliphatic rings. The maximum absolute atomic E-state index is 12.8. The molecular weight excluding hydrogens is 251 g/mol. The molecule has 1 N–H and O–H groups in total. The molecule has 0 unspecified atom stereocenters. The van der Waals surface area contributed by atoms with Gasteiger partial charge in [0.05, 0.1) is 5.02 Å². The van der Waals surface area contributed by atoms with Crippen LogP contribution in [0, 0.1) is 5.82 Å². The lowest BCUT2D eigenvalue weighted by Crippen LogP contribution is -1.91. The zero-order valence-electron chi connectivity index (χ0n) is 8.31. The lowest BCUT2D eigenvalue weighted by atomic mass is 10.3. The van der Waals surface area contributed by atoms with E-state index in [0.717, 1.165) is 6.07 Å². The number of carboxylic acid groups (broad SMARTS) is 1. The standard InChI is InChI=1S/C11H6ClFO4/c12-7-5-6(13)1-2-8(7)16-10-4-3-9(17-10)11(14)15/h1-5H,(H,14,15). The van der Waals surface area contributed by atoms with Crippen molar-refractivity contribution in [1.82, 2.24) is 0 Å². The zero-order valence-corrected chi connectivity index (χ0v) is 9.07. The first-order chi connectivity index (χ1) is 8.06. The number of rotatable bonds is 3. The Balaban J connectivity index is 2.22. The highest BCUT2D eigenvalue weighted by Crippen LogP contribution is 2.30. The molecule has 2 aromatic rings. The Hall–Kier alpha value is -2.01. The van der Waals surface area contributed by atoms with E-state index in [2.05, 4.69) is 0 Å². The number of aromatic carboxylic acids is 1. The minimum absolute atomic E-state index is 0.0316. The summed E-state index contributed by atoms with van der Waals surface area (Å²) in [4.78, 5) is 10.6. The largest absolute Gasteiger partial charge is 0.475 e. The van der Waals surface area contributed by atoms with Gasteiger partial charge in [-0.05, 0) is 24.3 Å². The van der Waals surface area contributed by atoms with Crippen LogP contribution in [0.4, 0.5) is 4.39 Å². The van der Waals surface area contributed by atoms with Crippen LogP contribution in [0.25, 0.3) is 0 Å². The summed E-state index contributed by atoms with van der Waals surface area (Å²) in [5, 5.41) is 8.70. The van der Waals surface area contributed by atoms with Crippen LogP contribution >= 0.6 is 11.6 Å². The normalized spacial score (nSPS) is 10.2. The van der Waals surface area contributed by atoms with Gasteiger partial charge in [-0.25, -0.2) is 9.18 Å². The highest BCUT2D eigenvalue weighted by molar-refractivity contribution is 6.32. The number of furan rings is 1. The van der Waals surface area contributed by atoms with Crippen LogP contribution in [0.1, 0.15) is 10.6 Å². The SMILES string of the molecule is O=C(O)c1ccc(Oc2ccc(F)cc2Cl)o1. The third-order valence-electron chi connectivity index (χ3n) is 1.90. The first-order valence-corrected chi connectivity index (χ1v) is 4.90. The third-order valence-corrected chi connectivity index (χ3v) is 2.19. The number of ether oxygens (including phenoxy) is 1. The highest BCUT2D eigenvalue weighted by atomic mass is 35.5. The van der Waals surface area contributed by atoms with Crippen molar-refractivity contribution in [3.8, 4) is 11.7 Å². The molecule has 0 radical (unpaired) electrons. The second kappa shape index (κ2) is 4.47. The van der Waals surface area contributed by atoms with Crippen molar-refractivity contribution < 1.29 is 23.4 Å². The van der Waals surface area contributed by atoms with Crippen LogP contribution in [0.15, 0.2) is 34.7 Å². The van der Waals surface area contributed by atoms with E-state index in [1.54, 1.807) is 0 Å². The van der Waals surface area contributed by atoms with Crippen molar-refractivity contribution >= 4 is 17.6 Å². The Bertz CT molecular complexity index is 564. The molecule has 0 aliphatic carbocycles. The molecule has 0 saturated heterocycles. The molecule has 88 valence electrons. The molecule has 1 aromatic carbocycles. The van der Waals surface area contributed by atoms with Gasteiger partial charge >= 0.3 is 5.97 Å². The summed E-state index contributed by atoms with van der Waals surface area (Å²) in [5.74, 6) is -1.80. The summed E-state index contributed by atoms with van der Waals surface area (Å²) < 4.78 is 22.8. The second-order valence-electron chi connectivity index (χ2n) is 3.10. The van der Waals surface area contributed by atoms with Crippen molar-refractivity contribution in [2.45, 2.75) is 0 Å². The van der Waals surface area contributed by atoms with Gasteiger partial charge in [-0.1, -0.05) is 11.6 Å². The Kier molecular flexibility index (Phi) is 3.01. The average molecular weight is 257 g/mol. The fourth-order valence-corrected chi connectivity index (χ4v) is 1.36. The topological polar surface area (TPSA) is 59.7 Å². The number of halogens is 2. The van der Waals surface area contributed by atoms with Gasteiger partial charge in [0.2, 0.25) is 5.76 Å². The van der Waals surface area contributed by atoms with E-state index in [4.69, 9.17) is 25.9 Å². The average Bonchev–Trinajstić information content (AvgIpc) is 2.71. The van der Waals surface area contributed by atoms with Crippen LogP contribution in [-0.2, 0) is 0 Å². The molecule has 4 nitrogen and oxygen atoms in total. The molecule has 6 heteroatoms. The number of hydrogen-bond acceptors (Lipinski definition) is 3. The molecule has 2 rings (SSSR count). The van der Waals surface area contributed by atoms with Crippen LogP contribution in [-0.4, -0.2) is 11.1 Å². The lowest BCUT2D eigenvalue weighted by Gasteiger charge is -2.03. The molecular formula is C11H6ClFO4. The van der Waals surface area contributed by atoms with Crippen molar-refractivity contribution in [3.63, 3.8) is 0 Å². The van der Waals surface area contributed by atoms with Gasteiger partial charge in [-0.15, -0.1) is 0 Å². The van der Waals surface area contributed by atoms with Crippen molar-refractivity contribution in [2.24, 2.45) is 0 Å². The van der Waals surface area contributed by atoms with E-state index in [0.29, 0.717) is 0 Å². The van der Waals surface area contributed by atoms with Gasteiger partial charge < -0.3 is 14.3 Å². The Morgan fingerprint density at radius 2 is 2.12 bits per heavy atom. The summed E-state index contributed by atoms with van der Waals surface area (Å²) in [6, 6.07) is 6.15. The lowest BCUT2D eigenvalue weighted by molar-refractivity contribution is 0.0657. The van der Waals surface area contributed by atoms with Gasteiger partial charge in [-0.3, -0.25) is 0 Å². The predicted molar refractivity (Wildman–Crippen MR) is 57.2 cm³/mol. The van der Waals surface area contributed by atoms with Crippen LogP contribution in [0.3, 0.4) is 0 Å². The monoisotopic (exact) mass is 256 g/mol. The molecule has 0 amide bonds. The van der Waals surface area contributed by atoms with Gasteiger partial charge in [0.1, 0.15) is 11.6 Å². The Morgan fingerprint density at radius 1 is 1.35 bits per heavy atom. The van der Waals surface area contributed by atoms with E-state index in [1.165, 1.54) is 24.3 Å². The first kappa shape index (κ1) is 11.5. The molecule has 17 heavy (non-hydrogen) atoms. The molecule has 0 spiro atoms. The summed E-state index contributed by atoms with van der Waals surface area (Å²) in [5.41, 5.74) is 0. The number of carbonyl (C=O) groups is 1. The van der Waals surface area contributed by atoms with Crippen LogP contribution in [0.2, 0.25) is 5.02 Å². The molecule has 0 bridgehead atoms. The van der Waals surface area contributed by atoms with Crippen molar-refractivity contribution in [3.05, 3.63) is 46.9 Å². The Morgan fingerprint density at radius 3 is 2.71 bits per heavy atom. The maximum Gasteiger partial charge on any atom is 0.371 e. The fourth-order valence-electron chi connectivity index (χ4n) is 1.16. The van der Waals surface area contributed by atoms with Crippen molar-refractivity contribution in [1.29, 1.82) is 0 Å². The fraction of sp³-hybridized carbons (Fsp3) is 0. The molecule has 0 aliphatic heterocycles. The van der Waals surface area contributed by atoms with Crippen LogP contribution < -0.4 is 4.74 Å². The molecule has 0 atom stereocenters. The minimum Gasteiger partial charge on any atom is -0.475 e. The van der Waals surface area contributed by atoms with Crippen LogP contribution in [0.5, 0.6) is 11.7 Å². The number of carboxylic acids is 1. The van der Waals surface area contributed by atoms with Gasteiger partial charge in [0, 0.05) is 6.07 Å². The van der Waals surface area contributed by atoms with Gasteiger partial charge in [-0.2, -0.15) is 0 Å². The number of hydrogen-bond donors (Lipinski definition) is 1. The molecule has 0 fully saturated rings. The predicted octanol–water partition coefficient (Wildman–Crippen LogP) is 3.56. The van der Waals surface area contributed by atoms with E-state index in [1.807, 2.05) is 0 Å². The summed E-state index contributed by atoms with van der Waals surface area (Å²) in [6.45, 7) is 0.